The third-order valence-electron chi connectivity index (χ3n) is 4.45. The molecule has 0 aliphatic carbocycles. The van der Waals surface area contributed by atoms with Gasteiger partial charge in [-0.25, -0.2) is 0 Å². The lowest BCUT2D eigenvalue weighted by Gasteiger charge is -2.12. The lowest BCUT2D eigenvalue weighted by molar-refractivity contribution is 0.758. The molecule has 2 N–H and O–H groups in total. The van der Waals surface area contributed by atoms with E-state index in [1.54, 1.807) is 23.7 Å². The van der Waals surface area contributed by atoms with Crippen LogP contribution in [0.15, 0.2) is 70.6 Å². The van der Waals surface area contributed by atoms with Gasteiger partial charge in [0.15, 0.2) is 5.96 Å². The number of hydrogen-bond donors (Lipinski definition) is 2. The van der Waals surface area contributed by atoms with Gasteiger partial charge in [-0.05, 0) is 35.7 Å². The van der Waals surface area contributed by atoms with Gasteiger partial charge in [0.05, 0.1) is 13.1 Å². The van der Waals surface area contributed by atoms with Gasteiger partial charge in [-0.2, -0.15) is 0 Å². The number of thiophene rings is 1. The maximum atomic E-state index is 11.8. The third-order valence-corrected chi connectivity index (χ3v) is 5.68. The Morgan fingerprint density at radius 3 is 2.31 bits per heavy atom. The van der Waals surface area contributed by atoms with Gasteiger partial charge in [-0.1, -0.05) is 37.3 Å². The highest BCUT2D eigenvalue weighted by atomic mass is 127. The largest absolute Gasteiger partial charge is 0.352 e. The average Bonchev–Trinajstić information content (AvgIpc) is 3.19. The lowest BCUT2D eigenvalue weighted by Crippen LogP contribution is -2.36. The summed E-state index contributed by atoms with van der Waals surface area (Å²) in [7, 11) is 1.78. The van der Waals surface area contributed by atoms with E-state index in [9.17, 15) is 4.79 Å². The Hall–Kier alpha value is -2.13. The number of halogens is 1. The maximum absolute atomic E-state index is 11.8. The smallest absolute Gasteiger partial charge is 0.250 e. The molecule has 0 radical (unpaired) electrons. The summed E-state index contributed by atoms with van der Waals surface area (Å²) in [6.07, 6.45) is 2.89. The summed E-state index contributed by atoms with van der Waals surface area (Å²) >= 11 is 1.83. The van der Waals surface area contributed by atoms with Crippen molar-refractivity contribution in [2.75, 3.05) is 7.05 Å². The van der Waals surface area contributed by atoms with Crippen LogP contribution < -0.4 is 16.2 Å². The molecule has 154 valence electrons. The predicted molar refractivity (Wildman–Crippen MR) is 132 cm³/mol. The molecule has 0 amide bonds. The third kappa shape index (κ3) is 7.01. The molecular weight excluding hydrogens is 495 g/mol. The first-order valence-corrected chi connectivity index (χ1v) is 10.2. The van der Waals surface area contributed by atoms with E-state index in [0.29, 0.717) is 13.1 Å². The fraction of sp³-hybridized carbons (Fsp3) is 0.273. The van der Waals surface area contributed by atoms with Crippen LogP contribution in [0.3, 0.4) is 0 Å². The summed E-state index contributed by atoms with van der Waals surface area (Å²) in [6, 6.07) is 17.8. The van der Waals surface area contributed by atoms with Crippen molar-refractivity contribution in [1.29, 1.82) is 0 Å². The highest BCUT2D eigenvalue weighted by molar-refractivity contribution is 14.0. The van der Waals surface area contributed by atoms with Gasteiger partial charge in [0.1, 0.15) is 0 Å². The molecule has 1 aromatic carbocycles. The zero-order valence-corrected chi connectivity index (χ0v) is 19.9. The summed E-state index contributed by atoms with van der Waals surface area (Å²) in [4.78, 5) is 18.8. The highest BCUT2D eigenvalue weighted by Crippen LogP contribution is 2.16. The molecule has 7 heteroatoms. The minimum atomic E-state index is 0. The normalized spacial score (nSPS) is 11.0. The van der Waals surface area contributed by atoms with Crippen molar-refractivity contribution in [3.8, 4) is 0 Å². The number of aryl methyl sites for hydroxylation is 1. The number of nitrogens with one attached hydrogen (secondary N) is 2. The minimum Gasteiger partial charge on any atom is -0.352 e. The van der Waals surface area contributed by atoms with E-state index in [1.807, 2.05) is 23.6 Å². The van der Waals surface area contributed by atoms with E-state index in [0.717, 1.165) is 30.1 Å². The van der Waals surface area contributed by atoms with Crippen LogP contribution in [0.25, 0.3) is 0 Å². The van der Waals surface area contributed by atoms with E-state index in [1.165, 1.54) is 9.75 Å². The molecule has 2 aromatic heterocycles. The molecule has 0 saturated heterocycles. The quantitative estimate of drug-likeness (QED) is 0.280. The SMILES string of the molecule is CCc1ccc(CNC(=NC)NCc2ccc(Cn3ccccc3=O)cc2)s1.I. The van der Waals surface area contributed by atoms with Crippen molar-refractivity contribution in [2.45, 2.75) is 33.0 Å². The Balaban J connectivity index is 0.00000300. The van der Waals surface area contributed by atoms with Crippen LogP contribution in [0.4, 0.5) is 0 Å². The van der Waals surface area contributed by atoms with Crippen molar-refractivity contribution in [1.82, 2.24) is 15.2 Å². The number of aliphatic imine (C=N–C) groups is 1. The zero-order valence-electron chi connectivity index (χ0n) is 16.7. The first kappa shape index (κ1) is 23.2. The molecule has 0 atom stereocenters. The molecule has 0 bridgehead atoms. The van der Waals surface area contributed by atoms with Crippen LogP contribution >= 0.6 is 35.3 Å². The lowest BCUT2D eigenvalue weighted by atomic mass is 10.1. The van der Waals surface area contributed by atoms with E-state index in [4.69, 9.17) is 0 Å². The van der Waals surface area contributed by atoms with E-state index >= 15 is 0 Å². The number of nitrogens with zero attached hydrogens (tertiary/aromatic N) is 2. The summed E-state index contributed by atoms with van der Waals surface area (Å²) < 4.78 is 1.70. The van der Waals surface area contributed by atoms with Gasteiger partial charge in [0.25, 0.3) is 5.56 Å². The highest BCUT2D eigenvalue weighted by Gasteiger charge is 2.03. The first-order chi connectivity index (χ1) is 13.7. The van der Waals surface area contributed by atoms with Gasteiger partial charge in [-0.3, -0.25) is 9.79 Å². The van der Waals surface area contributed by atoms with E-state index in [2.05, 4.69) is 58.9 Å². The summed E-state index contributed by atoms with van der Waals surface area (Å²) in [5.74, 6) is 0.784. The summed E-state index contributed by atoms with van der Waals surface area (Å²) in [5, 5.41) is 6.70. The molecule has 0 spiro atoms. The first-order valence-electron chi connectivity index (χ1n) is 9.43. The summed E-state index contributed by atoms with van der Waals surface area (Å²) in [5.41, 5.74) is 2.28. The molecule has 3 rings (SSSR count). The van der Waals surface area contributed by atoms with Crippen molar-refractivity contribution in [3.05, 3.63) is 92.0 Å². The van der Waals surface area contributed by atoms with Crippen molar-refractivity contribution < 1.29 is 0 Å². The second kappa shape index (κ2) is 11.8. The Bertz CT molecular complexity index is 979. The molecule has 2 heterocycles. The topological polar surface area (TPSA) is 58.4 Å². The second-order valence-electron chi connectivity index (χ2n) is 6.48. The fourth-order valence-electron chi connectivity index (χ4n) is 2.84. The molecule has 5 nitrogen and oxygen atoms in total. The molecule has 0 aliphatic heterocycles. The van der Waals surface area contributed by atoms with Crippen molar-refractivity contribution >= 4 is 41.3 Å². The maximum Gasteiger partial charge on any atom is 0.250 e. The zero-order chi connectivity index (χ0) is 19.8. The Labute approximate surface area is 192 Å². The molecule has 29 heavy (non-hydrogen) atoms. The molecule has 0 fully saturated rings. The number of aromatic nitrogens is 1. The van der Waals surface area contributed by atoms with Crippen molar-refractivity contribution in [3.63, 3.8) is 0 Å². The minimum absolute atomic E-state index is 0. The van der Waals surface area contributed by atoms with Gasteiger partial charge in [0.2, 0.25) is 0 Å². The Kier molecular flexibility index (Phi) is 9.40. The Morgan fingerprint density at radius 1 is 0.966 bits per heavy atom. The Morgan fingerprint density at radius 2 is 1.66 bits per heavy atom. The molecule has 0 unspecified atom stereocenters. The molecule has 0 saturated carbocycles. The number of hydrogen-bond acceptors (Lipinski definition) is 3. The van der Waals surface area contributed by atoms with Crippen LogP contribution in [0.2, 0.25) is 0 Å². The second-order valence-corrected chi connectivity index (χ2v) is 7.74. The fourth-order valence-corrected chi connectivity index (χ4v) is 3.73. The van der Waals surface area contributed by atoms with E-state index < -0.39 is 0 Å². The van der Waals surface area contributed by atoms with Crippen LogP contribution in [-0.2, 0) is 26.1 Å². The summed E-state index contributed by atoms with van der Waals surface area (Å²) in [6.45, 7) is 4.22. The van der Waals surface area contributed by atoms with Gasteiger partial charge in [0, 0.05) is 35.6 Å². The van der Waals surface area contributed by atoms with Crippen LogP contribution in [-0.4, -0.2) is 17.6 Å². The standard InChI is InChI=1S/C22H26N4OS.HI/c1-3-19-11-12-20(28-19)15-25-22(23-2)24-14-17-7-9-18(10-8-17)16-26-13-5-4-6-21(26)27;/h4-13H,3,14-16H2,1-2H3,(H2,23,24,25);1H. The number of rotatable bonds is 7. The van der Waals surface area contributed by atoms with E-state index in [-0.39, 0.29) is 29.5 Å². The molecule has 3 aromatic rings. The molecular formula is C22H27IN4OS. The predicted octanol–water partition coefficient (Wildman–Crippen LogP) is 4.00. The van der Waals surface area contributed by atoms with Gasteiger partial charge < -0.3 is 15.2 Å². The number of benzene rings is 1. The van der Waals surface area contributed by atoms with Gasteiger partial charge >= 0.3 is 0 Å². The average molecular weight is 522 g/mol. The van der Waals surface area contributed by atoms with Crippen LogP contribution in [0, 0.1) is 0 Å². The van der Waals surface area contributed by atoms with Crippen molar-refractivity contribution in [2.24, 2.45) is 4.99 Å². The number of guanidine groups is 1. The monoisotopic (exact) mass is 522 g/mol. The van der Waals surface area contributed by atoms with Gasteiger partial charge in [-0.15, -0.1) is 35.3 Å². The number of pyridine rings is 1. The van der Waals surface area contributed by atoms with Crippen LogP contribution in [0.5, 0.6) is 0 Å². The molecule has 0 aliphatic rings. The van der Waals surface area contributed by atoms with Crippen LogP contribution in [0.1, 0.15) is 27.8 Å².